The Morgan fingerprint density at radius 3 is 2.89 bits per heavy atom. The van der Waals surface area contributed by atoms with Crippen molar-refractivity contribution in [2.24, 2.45) is 0 Å². The van der Waals surface area contributed by atoms with E-state index in [1.165, 1.54) is 25.8 Å². The molecule has 1 unspecified atom stereocenters. The van der Waals surface area contributed by atoms with E-state index in [4.69, 9.17) is 4.98 Å². The minimum atomic E-state index is -0.142. The van der Waals surface area contributed by atoms with E-state index in [1.54, 1.807) is 0 Å². The number of aliphatic hydroxyl groups excluding tert-OH is 1. The monoisotopic (exact) mass is 261 g/mol. The van der Waals surface area contributed by atoms with Crippen LogP contribution in [0.1, 0.15) is 49.5 Å². The SMILES string of the molecule is CN1CCCC(c2ccnc(C3(CO)CCC3)n2)C1. The quantitative estimate of drug-likeness (QED) is 0.899. The van der Waals surface area contributed by atoms with Crippen LogP contribution in [0.15, 0.2) is 12.3 Å². The second-order valence-electron chi connectivity index (χ2n) is 6.20. The first-order valence-electron chi connectivity index (χ1n) is 7.36. The van der Waals surface area contributed by atoms with Crippen molar-refractivity contribution >= 4 is 0 Å². The molecule has 0 bridgehead atoms. The summed E-state index contributed by atoms with van der Waals surface area (Å²) < 4.78 is 0. The van der Waals surface area contributed by atoms with Gasteiger partial charge in [0.15, 0.2) is 0 Å². The maximum atomic E-state index is 9.65. The second kappa shape index (κ2) is 5.17. The normalized spacial score (nSPS) is 26.9. The summed E-state index contributed by atoms with van der Waals surface area (Å²) in [5, 5.41) is 9.65. The molecule has 4 heteroatoms. The number of piperidine rings is 1. The molecule has 2 fully saturated rings. The topological polar surface area (TPSA) is 49.2 Å². The molecular weight excluding hydrogens is 238 g/mol. The van der Waals surface area contributed by atoms with E-state index in [0.717, 1.165) is 30.9 Å². The van der Waals surface area contributed by atoms with Crippen molar-refractivity contribution in [1.82, 2.24) is 14.9 Å². The van der Waals surface area contributed by atoms with Crippen LogP contribution in [0.5, 0.6) is 0 Å². The summed E-state index contributed by atoms with van der Waals surface area (Å²) in [6, 6.07) is 2.05. The van der Waals surface area contributed by atoms with Crippen molar-refractivity contribution in [3.63, 3.8) is 0 Å². The highest BCUT2D eigenvalue weighted by molar-refractivity contribution is 5.18. The highest BCUT2D eigenvalue weighted by Gasteiger charge is 2.41. The van der Waals surface area contributed by atoms with Crippen LogP contribution in [-0.2, 0) is 5.41 Å². The Hall–Kier alpha value is -1.00. The van der Waals surface area contributed by atoms with Crippen LogP contribution in [0.4, 0.5) is 0 Å². The molecule has 0 spiro atoms. The van der Waals surface area contributed by atoms with Crippen LogP contribution < -0.4 is 0 Å². The lowest BCUT2D eigenvalue weighted by molar-refractivity contribution is 0.111. The molecule has 1 aromatic rings. The molecule has 2 aliphatic rings. The van der Waals surface area contributed by atoms with Gasteiger partial charge in [-0.3, -0.25) is 0 Å². The van der Waals surface area contributed by atoms with Gasteiger partial charge in [-0.05, 0) is 45.3 Å². The number of aliphatic hydroxyl groups is 1. The summed E-state index contributed by atoms with van der Waals surface area (Å²) in [7, 11) is 2.18. The van der Waals surface area contributed by atoms with Crippen LogP contribution in [-0.4, -0.2) is 46.7 Å². The molecule has 3 rings (SSSR count). The Balaban J connectivity index is 1.83. The predicted octanol–water partition coefficient (Wildman–Crippen LogP) is 1.70. The minimum absolute atomic E-state index is 0.142. The van der Waals surface area contributed by atoms with Crippen LogP contribution in [0, 0.1) is 0 Å². The fourth-order valence-electron chi connectivity index (χ4n) is 3.32. The molecule has 4 nitrogen and oxygen atoms in total. The van der Waals surface area contributed by atoms with Crippen molar-refractivity contribution in [2.75, 3.05) is 26.7 Å². The van der Waals surface area contributed by atoms with E-state index in [2.05, 4.69) is 23.0 Å². The molecule has 1 aliphatic heterocycles. The standard InChI is InChI=1S/C15H23N3O/c1-18-9-2-4-12(10-18)13-5-8-16-14(17-13)15(11-19)6-3-7-15/h5,8,12,19H,2-4,6-7,9-11H2,1H3. The average molecular weight is 261 g/mol. The average Bonchev–Trinajstić information content (AvgIpc) is 2.39. The molecule has 1 aromatic heterocycles. The van der Waals surface area contributed by atoms with Gasteiger partial charge in [0.2, 0.25) is 0 Å². The summed E-state index contributed by atoms with van der Waals surface area (Å²) in [5.74, 6) is 1.39. The molecule has 1 N–H and O–H groups in total. The molecule has 0 amide bonds. The molecule has 0 aromatic carbocycles. The lowest BCUT2D eigenvalue weighted by Crippen LogP contribution is -2.40. The van der Waals surface area contributed by atoms with Crippen LogP contribution >= 0.6 is 0 Å². The number of hydrogen-bond donors (Lipinski definition) is 1. The molecule has 1 atom stereocenters. The van der Waals surface area contributed by atoms with E-state index < -0.39 is 0 Å². The largest absolute Gasteiger partial charge is 0.395 e. The Morgan fingerprint density at radius 1 is 1.42 bits per heavy atom. The summed E-state index contributed by atoms with van der Waals surface area (Å²) in [5.41, 5.74) is 1.02. The second-order valence-corrected chi connectivity index (χ2v) is 6.20. The third-order valence-electron chi connectivity index (χ3n) is 4.81. The number of aromatic nitrogens is 2. The molecule has 104 valence electrons. The highest BCUT2D eigenvalue weighted by atomic mass is 16.3. The number of likely N-dealkylation sites (N-methyl/N-ethyl adjacent to an activating group) is 1. The van der Waals surface area contributed by atoms with E-state index >= 15 is 0 Å². The lowest BCUT2D eigenvalue weighted by atomic mass is 9.68. The zero-order chi connectivity index (χ0) is 13.3. The van der Waals surface area contributed by atoms with E-state index in [-0.39, 0.29) is 12.0 Å². The van der Waals surface area contributed by atoms with Gasteiger partial charge in [-0.1, -0.05) is 6.42 Å². The Labute approximate surface area is 114 Å². The van der Waals surface area contributed by atoms with Gasteiger partial charge in [0, 0.05) is 24.4 Å². The minimum Gasteiger partial charge on any atom is -0.395 e. The molecule has 0 radical (unpaired) electrons. The summed E-state index contributed by atoms with van der Waals surface area (Å²) in [6.07, 6.45) is 7.57. The first-order valence-corrected chi connectivity index (χ1v) is 7.36. The van der Waals surface area contributed by atoms with Gasteiger partial charge in [-0.2, -0.15) is 0 Å². The third kappa shape index (κ3) is 2.39. The lowest BCUT2D eigenvalue weighted by Gasteiger charge is -2.39. The number of hydrogen-bond acceptors (Lipinski definition) is 4. The third-order valence-corrected chi connectivity index (χ3v) is 4.81. The van der Waals surface area contributed by atoms with Crippen molar-refractivity contribution in [1.29, 1.82) is 0 Å². The molecule has 19 heavy (non-hydrogen) atoms. The maximum Gasteiger partial charge on any atom is 0.136 e. The summed E-state index contributed by atoms with van der Waals surface area (Å²) in [4.78, 5) is 11.6. The van der Waals surface area contributed by atoms with Gasteiger partial charge in [0.25, 0.3) is 0 Å². The molecule has 1 saturated heterocycles. The summed E-state index contributed by atoms with van der Waals surface area (Å²) >= 11 is 0. The smallest absolute Gasteiger partial charge is 0.136 e. The van der Waals surface area contributed by atoms with Crippen LogP contribution in [0.25, 0.3) is 0 Å². The zero-order valence-electron chi connectivity index (χ0n) is 11.7. The van der Waals surface area contributed by atoms with E-state index in [0.29, 0.717) is 5.92 Å². The van der Waals surface area contributed by atoms with Gasteiger partial charge in [0.05, 0.1) is 12.0 Å². The maximum absolute atomic E-state index is 9.65. The van der Waals surface area contributed by atoms with Gasteiger partial charge in [0.1, 0.15) is 5.82 Å². The predicted molar refractivity (Wildman–Crippen MR) is 74.1 cm³/mol. The van der Waals surface area contributed by atoms with E-state index in [1.807, 2.05) is 6.20 Å². The van der Waals surface area contributed by atoms with Crippen molar-refractivity contribution in [3.05, 3.63) is 23.8 Å². The first-order chi connectivity index (χ1) is 9.23. The summed E-state index contributed by atoms with van der Waals surface area (Å²) in [6.45, 7) is 2.46. The highest BCUT2D eigenvalue weighted by Crippen LogP contribution is 2.41. The Bertz CT molecular complexity index is 439. The number of nitrogens with zero attached hydrogens (tertiary/aromatic N) is 3. The van der Waals surface area contributed by atoms with E-state index in [9.17, 15) is 5.11 Å². The fourth-order valence-corrected chi connectivity index (χ4v) is 3.32. The first kappa shape index (κ1) is 13.0. The van der Waals surface area contributed by atoms with Crippen LogP contribution in [0.3, 0.4) is 0 Å². The van der Waals surface area contributed by atoms with Gasteiger partial charge in [-0.15, -0.1) is 0 Å². The van der Waals surface area contributed by atoms with Gasteiger partial charge < -0.3 is 10.0 Å². The van der Waals surface area contributed by atoms with Gasteiger partial charge in [-0.25, -0.2) is 9.97 Å². The van der Waals surface area contributed by atoms with Crippen molar-refractivity contribution < 1.29 is 5.11 Å². The Morgan fingerprint density at radius 2 is 2.26 bits per heavy atom. The van der Waals surface area contributed by atoms with Gasteiger partial charge >= 0.3 is 0 Å². The zero-order valence-corrected chi connectivity index (χ0v) is 11.7. The molecule has 1 saturated carbocycles. The number of likely N-dealkylation sites (tertiary alicyclic amines) is 1. The van der Waals surface area contributed by atoms with Crippen molar-refractivity contribution in [3.8, 4) is 0 Å². The Kier molecular flexibility index (Phi) is 3.54. The molecule has 2 heterocycles. The number of rotatable bonds is 3. The fraction of sp³-hybridized carbons (Fsp3) is 0.733. The molecular formula is C15H23N3O. The van der Waals surface area contributed by atoms with Crippen LogP contribution in [0.2, 0.25) is 0 Å². The van der Waals surface area contributed by atoms with Crippen molar-refractivity contribution in [2.45, 2.75) is 43.4 Å². The molecule has 1 aliphatic carbocycles.